The summed E-state index contributed by atoms with van der Waals surface area (Å²) in [6.07, 6.45) is 8.39. The summed E-state index contributed by atoms with van der Waals surface area (Å²) < 4.78 is 5.74. The van der Waals surface area contributed by atoms with Gasteiger partial charge in [0.15, 0.2) is 5.96 Å². The van der Waals surface area contributed by atoms with Crippen LogP contribution in [0.4, 0.5) is 0 Å². The number of carbonyl (C=O) groups is 1. The average Bonchev–Trinajstić information content (AvgIpc) is 2.65. The molecule has 1 heterocycles. The number of hydrogen-bond acceptors (Lipinski definition) is 4. The third kappa shape index (κ3) is 6.74. The number of nitrogens with one attached hydrogen (secondary N) is 2. The predicted octanol–water partition coefficient (Wildman–Crippen LogP) is 2.33. The maximum Gasteiger partial charge on any atom is 0.225 e. The molecule has 1 saturated heterocycles. The van der Waals surface area contributed by atoms with Crippen molar-refractivity contribution < 1.29 is 9.53 Å². The Morgan fingerprint density at radius 3 is 2.58 bits per heavy atom. The molecule has 2 atom stereocenters. The molecule has 0 aromatic heterocycles. The SMILES string of the molecule is CN=C(NCC1(SC)CCOCC1)NC1CCCC(C(=O)N(C)C)C1.I. The van der Waals surface area contributed by atoms with Gasteiger partial charge in [-0.25, -0.2) is 0 Å². The molecule has 1 aliphatic heterocycles. The molecule has 0 aromatic rings. The third-order valence-corrected chi connectivity index (χ3v) is 6.86. The van der Waals surface area contributed by atoms with Gasteiger partial charge in [-0.2, -0.15) is 11.8 Å². The molecule has 1 amide bonds. The highest BCUT2D eigenvalue weighted by atomic mass is 127. The zero-order chi connectivity index (χ0) is 18.3. The van der Waals surface area contributed by atoms with Crippen molar-refractivity contribution in [1.82, 2.24) is 15.5 Å². The molecular formula is C18H35IN4O2S. The van der Waals surface area contributed by atoms with E-state index < -0.39 is 0 Å². The van der Waals surface area contributed by atoms with Crippen molar-refractivity contribution in [3.05, 3.63) is 0 Å². The van der Waals surface area contributed by atoms with Gasteiger partial charge in [0.05, 0.1) is 0 Å². The lowest BCUT2D eigenvalue weighted by molar-refractivity contribution is -0.134. The van der Waals surface area contributed by atoms with E-state index in [2.05, 4.69) is 21.9 Å². The molecule has 0 bridgehead atoms. The molecule has 2 aliphatic rings. The van der Waals surface area contributed by atoms with Gasteiger partial charge in [0.2, 0.25) is 5.91 Å². The van der Waals surface area contributed by atoms with Crippen LogP contribution in [0, 0.1) is 5.92 Å². The quantitative estimate of drug-likeness (QED) is 0.346. The van der Waals surface area contributed by atoms with Crippen molar-refractivity contribution in [3.8, 4) is 0 Å². The lowest BCUT2D eigenvalue weighted by atomic mass is 9.85. The number of thioether (sulfide) groups is 1. The number of carbonyl (C=O) groups excluding carboxylic acids is 1. The number of halogens is 1. The van der Waals surface area contributed by atoms with Gasteiger partial charge < -0.3 is 20.3 Å². The Bertz CT molecular complexity index is 470. The number of guanidine groups is 1. The maximum atomic E-state index is 12.2. The number of rotatable bonds is 5. The fraction of sp³-hybridized carbons (Fsp3) is 0.889. The van der Waals surface area contributed by atoms with Crippen LogP contribution in [0.15, 0.2) is 4.99 Å². The number of ether oxygens (including phenoxy) is 1. The Morgan fingerprint density at radius 1 is 1.31 bits per heavy atom. The van der Waals surface area contributed by atoms with Gasteiger partial charge in [0.1, 0.15) is 0 Å². The van der Waals surface area contributed by atoms with E-state index in [1.54, 1.807) is 4.90 Å². The van der Waals surface area contributed by atoms with Gasteiger partial charge >= 0.3 is 0 Å². The van der Waals surface area contributed by atoms with Crippen LogP contribution in [0.1, 0.15) is 38.5 Å². The Morgan fingerprint density at radius 2 is 2.00 bits per heavy atom. The summed E-state index contributed by atoms with van der Waals surface area (Å²) >= 11 is 1.92. The van der Waals surface area contributed by atoms with E-state index >= 15 is 0 Å². The molecule has 1 saturated carbocycles. The van der Waals surface area contributed by atoms with Gasteiger partial charge in [-0.1, -0.05) is 6.42 Å². The average molecular weight is 498 g/mol. The topological polar surface area (TPSA) is 66.0 Å². The summed E-state index contributed by atoms with van der Waals surface area (Å²) in [5, 5.41) is 7.05. The molecule has 8 heteroatoms. The molecule has 6 nitrogen and oxygen atoms in total. The number of aliphatic imine (C=N–C) groups is 1. The first-order chi connectivity index (χ1) is 12.0. The molecule has 0 aromatic carbocycles. The Kier molecular flexibility index (Phi) is 10.6. The second kappa shape index (κ2) is 11.6. The lowest BCUT2D eigenvalue weighted by Crippen LogP contribution is -2.51. The minimum Gasteiger partial charge on any atom is -0.381 e. The van der Waals surface area contributed by atoms with Crippen LogP contribution in [0.2, 0.25) is 0 Å². The van der Waals surface area contributed by atoms with Gasteiger partial charge in [0.25, 0.3) is 0 Å². The largest absolute Gasteiger partial charge is 0.381 e. The Balaban J connectivity index is 0.00000338. The lowest BCUT2D eigenvalue weighted by Gasteiger charge is -2.37. The zero-order valence-electron chi connectivity index (χ0n) is 16.5. The van der Waals surface area contributed by atoms with Crippen molar-refractivity contribution in [2.75, 3.05) is 47.2 Å². The van der Waals surface area contributed by atoms with E-state index in [0.717, 1.165) is 64.2 Å². The second-order valence-corrected chi connectivity index (χ2v) is 8.64. The highest BCUT2D eigenvalue weighted by Gasteiger charge is 2.32. The molecule has 2 rings (SSSR count). The fourth-order valence-corrected chi connectivity index (χ4v) is 4.53. The van der Waals surface area contributed by atoms with Gasteiger partial charge in [0, 0.05) is 57.6 Å². The van der Waals surface area contributed by atoms with Crippen molar-refractivity contribution in [2.45, 2.75) is 49.3 Å². The minimum atomic E-state index is 0. The summed E-state index contributed by atoms with van der Waals surface area (Å²) in [7, 11) is 5.50. The second-order valence-electron chi connectivity index (χ2n) is 7.36. The molecule has 26 heavy (non-hydrogen) atoms. The minimum absolute atomic E-state index is 0. The summed E-state index contributed by atoms with van der Waals surface area (Å²) in [5.41, 5.74) is 0. The monoisotopic (exact) mass is 498 g/mol. The molecule has 2 unspecified atom stereocenters. The van der Waals surface area contributed by atoms with Crippen LogP contribution in [-0.2, 0) is 9.53 Å². The first-order valence-electron chi connectivity index (χ1n) is 9.31. The predicted molar refractivity (Wildman–Crippen MR) is 121 cm³/mol. The molecule has 0 radical (unpaired) electrons. The van der Waals surface area contributed by atoms with Gasteiger partial charge in [-0.3, -0.25) is 9.79 Å². The van der Waals surface area contributed by atoms with Crippen LogP contribution in [0.25, 0.3) is 0 Å². The van der Waals surface area contributed by atoms with Crippen LogP contribution in [-0.4, -0.2) is 74.7 Å². The first kappa shape index (κ1) is 23.8. The molecule has 152 valence electrons. The number of amides is 1. The Hall–Kier alpha value is -0.220. The molecule has 2 fully saturated rings. The fourth-order valence-electron chi connectivity index (χ4n) is 3.74. The van der Waals surface area contributed by atoms with Crippen LogP contribution < -0.4 is 10.6 Å². The van der Waals surface area contributed by atoms with Gasteiger partial charge in [-0.05, 0) is 38.4 Å². The van der Waals surface area contributed by atoms with Crippen LogP contribution in [0.3, 0.4) is 0 Å². The standard InChI is InChI=1S/C18H34N4O2S.HI/c1-19-17(20-13-18(25-4)8-10-24-11-9-18)21-15-7-5-6-14(12-15)16(23)22(2)3;/h14-15H,5-13H2,1-4H3,(H2,19,20,21);1H. The molecular weight excluding hydrogens is 463 g/mol. The third-order valence-electron chi connectivity index (χ3n) is 5.44. The number of hydrogen-bond donors (Lipinski definition) is 2. The summed E-state index contributed by atoms with van der Waals surface area (Å²) in [5.74, 6) is 1.23. The smallest absolute Gasteiger partial charge is 0.225 e. The molecule has 2 N–H and O–H groups in total. The van der Waals surface area contributed by atoms with E-state index in [9.17, 15) is 4.79 Å². The van der Waals surface area contributed by atoms with Crippen molar-refractivity contribution >= 4 is 47.6 Å². The maximum absolute atomic E-state index is 12.2. The Labute approximate surface area is 179 Å². The highest BCUT2D eigenvalue weighted by Crippen LogP contribution is 2.33. The first-order valence-corrected chi connectivity index (χ1v) is 10.5. The van der Waals surface area contributed by atoms with E-state index in [1.165, 1.54) is 0 Å². The summed E-state index contributed by atoms with van der Waals surface area (Å²) in [6.45, 7) is 2.57. The van der Waals surface area contributed by atoms with Crippen molar-refractivity contribution in [1.29, 1.82) is 0 Å². The normalized spacial score (nSPS) is 25.8. The van der Waals surface area contributed by atoms with E-state index in [4.69, 9.17) is 4.74 Å². The van der Waals surface area contributed by atoms with E-state index in [-0.39, 0.29) is 40.5 Å². The zero-order valence-corrected chi connectivity index (χ0v) is 19.7. The highest BCUT2D eigenvalue weighted by molar-refractivity contribution is 14.0. The van der Waals surface area contributed by atoms with E-state index in [1.807, 2.05) is 32.9 Å². The van der Waals surface area contributed by atoms with Crippen molar-refractivity contribution in [3.63, 3.8) is 0 Å². The van der Waals surface area contributed by atoms with Gasteiger partial charge in [-0.15, -0.1) is 24.0 Å². The summed E-state index contributed by atoms with van der Waals surface area (Å²) in [4.78, 5) is 18.4. The van der Waals surface area contributed by atoms with Crippen LogP contribution in [0.5, 0.6) is 0 Å². The molecule has 0 spiro atoms. The number of nitrogens with zero attached hydrogens (tertiary/aromatic N) is 2. The van der Waals surface area contributed by atoms with Crippen LogP contribution >= 0.6 is 35.7 Å². The molecule has 1 aliphatic carbocycles. The van der Waals surface area contributed by atoms with E-state index in [0.29, 0.717) is 6.04 Å². The van der Waals surface area contributed by atoms with Crippen molar-refractivity contribution in [2.24, 2.45) is 10.9 Å². The summed E-state index contributed by atoms with van der Waals surface area (Å²) in [6, 6.07) is 0.314.